The molecule has 0 aliphatic rings. The fraction of sp³-hybridized carbons (Fsp3) is 0.154. The molecule has 0 saturated carbocycles. The Bertz CT molecular complexity index is 560. The molecule has 5 heteroatoms. The van der Waals surface area contributed by atoms with Gasteiger partial charge in [-0.05, 0) is 24.1 Å². The highest BCUT2D eigenvalue weighted by atomic mass is 35.5. The van der Waals surface area contributed by atoms with E-state index in [1.165, 1.54) is 18.3 Å². The molecule has 0 fully saturated rings. The fourth-order valence-corrected chi connectivity index (χ4v) is 1.93. The predicted molar refractivity (Wildman–Crippen MR) is 66.2 cm³/mol. The summed E-state index contributed by atoms with van der Waals surface area (Å²) >= 11 is 5.67. The van der Waals surface area contributed by atoms with Gasteiger partial charge in [0, 0.05) is 17.8 Å². The van der Waals surface area contributed by atoms with Crippen LogP contribution in [0.1, 0.15) is 17.2 Å². The maximum absolute atomic E-state index is 13.7. The van der Waals surface area contributed by atoms with Crippen LogP contribution in [-0.2, 0) is 6.42 Å². The molecule has 2 rings (SSSR count). The molecule has 0 aliphatic carbocycles. The first kappa shape index (κ1) is 12.9. The van der Waals surface area contributed by atoms with Crippen molar-refractivity contribution in [1.82, 2.24) is 4.98 Å². The minimum atomic E-state index is -0.638. The third-order valence-electron chi connectivity index (χ3n) is 2.67. The molecule has 1 atom stereocenters. The van der Waals surface area contributed by atoms with Crippen molar-refractivity contribution in [3.63, 3.8) is 0 Å². The maximum Gasteiger partial charge on any atom is 0.146 e. The number of pyridine rings is 1. The summed E-state index contributed by atoms with van der Waals surface area (Å²) in [7, 11) is 0. The number of aromatic nitrogens is 1. The average Bonchev–Trinajstić information content (AvgIpc) is 2.35. The van der Waals surface area contributed by atoms with Gasteiger partial charge in [-0.1, -0.05) is 23.7 Å². The van der Waals surface area contributed by atoms with Crippen molar-refractivity contribution in [1.29, 1.82) is 0 Å². The molecule has 94 valence electrons. The van der Waals surface area contributed by atoms with Gasteiger partial charge in [0.2, 0.25) is 0 Å². The van der Waals surface area contributed by atoms with Crippen molar-refractivity contribution >= 4 is 11.6 Å². The number of hydrogen-bond donors (Lipinski definition) is 1. The molecular formula is C13H11ClF2N2. The Balaban J connectivity index is 2.24. The molecular weight excluding hydrogens is 258 g/mol. The average molecular weight is 269 g/mol. The molecule has 0 amide bonds. The van der Waals surface area contributed by atoms with Gasteiger partial charge in [-0.15, -0.1) is 0 Å². The van der Waals surface area contributed by atoms with Crippen molar-refractivity contribution in [2.75, 3.05) is 0 Å². The van der Waals surface area contributed by atoms with Crippen LogP contribution < -0.4 is 5.73 Å². The largest absolute Gasteiger partial charge is 0.324 e. The standard InChI is InChI=1S/C13H11ClF2N2/c14-10-3-1-2-8(13(10)16)6-12(17)9-4-5-18-7-11(9)15/h1-5,7,12H,6,17H2. The summed E-state index contributed by atoms with van der Waals surface area (Å²) in [6.07, 6.45) is 2.71. The van der Waals surface area contributed by atoms with E-state index in [-0.39, 0.29) is 11.4 Å². The molecule has 0 bridgehead atoms. The lowest BCUT2D eigenvalue weighted by Crippen LogP contribution is -2.16. The number of halogens is 3. The molecule has 0 saturated heterocycles. The third-order valence-corrected chi connectivity index (χ3v) is 2.97. The van der Waals surface area contributed by atoms with Gasteiger partial charge in [-0.25, -0.2) is 8.78 Å². The van der Waals surface area contributed by atoms with E-state index in [9.17, 15) is 8.78 Å². The zero-order chi connectivity index (χ0) is 13.1. The van der Waals surface area contributed by atoms with Gasteiger partial charge >= 0.3 is 0 Å². The van der Waals surface area contributed by atoms with Crippen LogP contribution >= 0.6 is 11.6 Å². The minimum Gasteiger partial charge on any atom is -0.324 e. The predicted octanol–water partition coefficient (Wildman–Crippen LogP) is 3.26. The van der Waals surface area contributed by atoms with Crippen molar-refractivity contribution < 1.29 is 8.78 Å². The lowest BCUT2D eigenvalue weighted by molar-refractivity contribution is 0.560. The lowest BCUT2D eigenvalue weighted by atomic mass is 10.00. The van der Waals surface area contributed by atoms with Crippen molar-refractivity contribution in [3.8, 4) is 0 Å². The summed E-state index contributed by atoms with van der Waals surface area (Å²) in [4.78, 5) is 3.64. The summed E-state index contributed by atoms with van der Waals surface area (Å²) in [5.74, 6) is -1.00. The van der Waals surface area contributed by atoms with E-state index in [1.807, 2.05) is 0 Å². The van der Waals surface area contributed by atoms with E-state index in [4.69, 9.17) is 17.3 Å². The Morgan fingerprint density at radius 3 is 2.78 bits per heavy atom. The Labute approximate surface area is 108 Å². The molecule has 1 unspecified atom stereocenters. The van der Waals surface area contributed by atoms with Crippen molar-refractivity contribution in [2.24, 2.45) is 5.73 Å². The Hall–Kier alpha value is -1.52. The smallest absolute Gasteiger partial charge is 0.146 e. The van der Waals surface area contributed by atoms with Crippen LogP contribution in [0.15, 0.2) is 36.7 Å². The van der Waals surface area contributed by atoms with Crippen LogP contribution in [0.25, 0.3) is 0 Å². The highest BCUT2D eigenvalue weighted by molar-refractivity contribution is 6.30. The molecule has 2 nitrogen and oxygen atoms in total. The summed E-state index contributed by atoms with van der Waals surface area (Å²) in [6.45, 7) is 0. The summed E-state index contributed by atoms with van der Waals surface area (Å²) < 4.78 is 27.1. The normalized spacial score (nSPS) is 12.4. The van der Waals surface area contributed by atoms with Gasteiger partial charge in [0.1, 0.15) is 11.6 Å². The van der Waals surface area contributed by atoms with E-state index in [0.717, 1.165) is 6.20 Å². The molecule has 1 aromatic heterocycles. The first-order chi connectivity index (χ1) is 8.59. The van der Waals surface area contributed by atoms with Gasteiger partial charge in [0.25, 0.3) is 0 Å². The summed E-state index contributed by atoms with van der Waals surface area (Å²) in [5, 5.41) is 0.0369. The van der Waals surface area contributed by atoms with Crippen LogP contribution in [-0.4, -0.2) is 4.98 Å². The number of rotatable bonds is 3. The molecule has 0 radical (unpaired) electrons. The van der Waals surface area contributed by atoms with Gasteiger partial charge in [0.05, 0.1) is 11.2 Å². The fourth-order valence-electron chi connectivity index (χ4n) is 1.74. The maximum atomic E-state index is 13.7. The lowest BCUT2D eigenvalue weighted by Gasteiger charge is -2.13. The quantitative estimate of drug-likeness (QED) is 0.928. The summed E-state index contributed by atoms with van der Waals surface area (Å²) in [6, 6.07) is 5.53. The molecule has 1 aromatic carbocycles. The van der Waals surface area contributed by atoms with Crippen LogP contribution in [0.5, 0.6) is 0 Å². The molecule has 18 heavy (non-hydrogen) atoms. The first-order valence-electron chi connectivity index (χ1n) is 5.37. The second-order valence-electron chi connectivity index (χ2n) is 3.92. The van der Waals surface area contributed by atoms with E-state index in [2.05, 4.69) is 4.98 Å². The van der Waals surface area contributed by atoms with Gasteiger partial charge in [0.15, 0.2) is 0 Å². The highest BCUT2D eigenvalue weighted by Crippen LogP contribution is 2.23. The number of hydrogen-bond acceptors (Lipinski definition) is 2. The molecule has 2 aromatic rings. The van der Waals surface area contributed by atoms with Crippen molar-refractivity contribution in [2.45, 2.75) is 12.5 Å². The summed E-state index contributed by atoms with van der Waals surface area (Å²) in [5.41, 5.74) is 6.55. The van der Waals surface area contributed by atoms with Crippen LogP contribution in [0, 0.1) is 11.6 Å². The Morgan fingerprint density at radius 1 is 1.28 bits per heavy atom. The van der Waals surface area contributed by atoms with Crippen LogP contribution in [0.4, 0.5) is 8.78 Å². The van der Waals surface area contributed by atoms with E-state index < -0.39 is 17.7 Å². The zero-order valence-corrected chi connectivity index (χ0v) is 10.2. The molecule has 0 spiro atoms. The highest BCUT2D eigenvalue weighted by Gasteiger charge is 2.15. The van der Waals surface area contributed by atoms with E-state index in [1.54, 1.807) is 12.1 Å². The van der Waals surface area contributed by atoms with E-state index in [0.29, 0.717) is 11.1 Å². The zero-order valence-electron chi connectivity index (χ0n) is 9.41. The molecule has 0 aliphatic heterocycles. The monoisotopic (exact) mass is 268 g/mol. The van der Waals surface area contributed by atoms with Gasteiger partial charge in [-0.2, -0.15) is 0 Å². The first-order valence-corrected chi connectivity index (χ1v) is 5.75. The number of nitrogens with zero attached hydrogens (tertiary/aromatic N) is 1. The molecule has 1 heterocycles. The SMILES string of the molecule is NC(Cc1cccc(Cl)c1F)c1ccncc1F. The van der Waals surface area contributed by atoms with Gasteiger partial charge in [-0.3, -0.25) is 4.98 Å². The van der Waals surface area contributed by atoms with Crippen LogP contribution in [0.2, 0.25) is 5.02 Å². The number of nitrogens with two attached hydrogens (primary N) is 1. The van der Waals surface area contributed by atoms with E-state index >= 15 is 0 Å². The second kappa shape index (κ2) is 5.42. The molecule has 2 N–H and O–H groups in total. The topological polar surface area (TPSA) is 38.9 Å². The Morgan fingerprint density at radius 2 is 2.06 bits per heavy atom. The van der Waals surface area contributed by atoms with Crippen molar-refractivity contribution in [3.05, 3.63) is 64.4 Å². The third kappa shape index (κ3) is 2.66. The van der Waals surface area contributed by atoms with Gasteiger partial charge < -0.3 is 5.73 Å². The second-order valence-corrected chi connectivity index (χ2v) is 4.33. The van der Waals surface area contributed by atoms with Crippen LogP contribution in [0.3, 0.4) is 0 Å². The Kier molecular flexibility index (Phi) is 3.89. The minimum absolute atomic E-state index is 0.0369. The number of benzene rings is 1.